The lowest BCUT2D eigenvalue weighted by molar-refractivity contribution is -0.212. The molecule has 3 fully saturated rings. The van der Waals surface area contributed by atoms with Crippen LogP contribution in [0.2, 0.25) is 0 Å². The molecule has 1 N–H and O–H groups in total. The van der Waals surface area contributed by atoms with E-state index in [-0.39, 0.29) is 23.5 Å². The van der Waals surface area contributed by atoms with Crippen LogP contribution in [0, 0.1) is 34.5 Å². The first-order chi connectivity index (χ1) is 14.3. The van der Waals surface area contributed by atoms with Crippen LogP contribution in [0.4, 0.5) is 0 Å². The number of allylic oxidation sites excluding steroid dienone is 3. The zero-order valence-electron chi connectivity index (χ0n) is 19.9. The van der Waals surface area contributed by atoms with Crippen LogP contribution in [0.3, 0.4) is 0 Å². The second-order valence-electron chi connectivity index (χ2n) is 10.4. The molecule has 8 atom stereocenters. The fourth-order valence-electron chi connectivity index (χ4n) is 6.22. The maximum atomic E-state index is 13.1. The van der Waals surface area contributed by atoms with E-state index in [1.807, 2.05) is 34.6 Å². The van der Waals surface area contributed by atoms with Gasteiger partial charge in [-0.25, -0.2) is 4.79 Å². The van der Waals surface area contributed by atoms with E-state index in [0.29, 0.717) is 12.0 Å². The number of carbonyl (C=O) groups excluding carboxylic acids is 3. The van der Waals surface area contributed by atoms with Gasteiger partial charge in [-0.1, -0.05) is 46.3 Å². The Morgan fingerprint density at radius 3 is 2.32 bits per heavy atom. The van der Waals surface area contributed by atoms with Crippen LogP contribution >= 0.6 is 0 Å². The summed E-state index contributed by atoms with van der Waals surface area (Å²) in [6.45, 7) is 14.8. The lowest BCUT2D eigenvalue weighted by Gasteiger charge is -2.65. The number of rotatable bonds is 5. The average molecular weight is 433 g/mol. The minimum Gasteiger partial charge on any atom is -0.459 e. The maximum absolute atomic E-state index is 13.1. The van der Waals surface area contributed by atoms with Gasteiger partial charge in [-0.2, -0.15) is 0 Å². The lowest BCUT2D eigenvalue weighted by Crippen LogP contribution is -2.68. The Morgan fingerprint density at radius 2 is 1.81 bits per heavy atom. The van der Waals surface area contributed by atoms with Crippen LogP contribution in [0.5, 0.6) is 0 Å². The monoisotopic (exact) mass is 432 g/mol. The zero-order chi connectivity index (χ0) is 23.5. The van der Waals surface area contributed by atoms with E-state index in [0.717, 1.165) is 5.57 Å². The Morgan fingerprint density at radius 1 is 1.19 bits per heavy atom. The largest absolute Gasteiger partial charge is 0.459 e. The number of hydrogen-bond acceptors (Lipinski definition) is 6. The second kappa shape index (κ2) is 7.88. The van der Waals surface area contributed by atoms with Gasteiger partial charge >= 0.3 is 11.9 Å². The van der Waals surface area contributed by atoms with Gasteiger partial charge in [-0.3, -0.25) is 9.59 Å². The molecule has 0 aromatic carbocycles. The summed E-state index contributed by atoms with van der Waals surface area (Å²) >= 11 is 0. The van der Waals surface area contributed by atoms with Gasteiger partial charge in [-0.05, 0) is 45.1 Å². The SMILES string of the molecule is C/C=C(/C)C(=O)O[C@@H]1[C@@H](O)[C@@H](OC(=O)C(C)CC)[C@@]2(C)[C@@H]3C(=O)C=C(C)[C@H]2[C@@H]3C1(C)C. The van der Waals surface area contributed by atoms with Crippen molar-refractivity contribution in [2.75, 3.05) is 0 Å². The summed E-state index contributed by atoms with van der Waals surface area (Å²) in [5.74, 6) is -1.80. The van der Waals surface area contributed by atoms with Crippen LogP contribution in [0.1, 0.15) is 61.8 Å². The Hall–Kier alpha value is -1.95. The van der Waals surface area contributed by atoms with Crippen LogP contribution in [-0.2, 0) is 23.9 Å². The predicted molar refractivity (Wildman–Crippen MR) is 116 cm³/mol. The predicted octanol–water partition coefficient (Wildman–Crippen LogP) is 3.62. The van der Waals surface area contributed by atoms with E-state index in [1.165, 1.54) is 0 Å². The van der Waals surface area contributed by atoms with Crippen LogP contribution in [-0.4, -0.2) is 41.1 Å². The van der Waals surface area contributed by atoms with Crippen molar-refractivity contribution in [3.8, 4) is 0 Å². The van der Waals surface area contributed by atoms with Gasteiger partial charge in [0.1, 0.15) is 18.3 Å². The molecule has 0 aromatic rings. The Kier molecular flexibility index (Phi) is 6.02. The number of ketones is 1. The van der Waals surface area contributed by atoms with Gasteiger partial charge in [-0.15, -0.1) is 0 Å². The minimum atomic E-state index is -1.24. The van der Waals surface area contributed by atoms with E-state index in [2.05, 4.69) is 0 Å². The van der Waals surface area contributed by atoms with Crippen molar-refractivity contribution in [3.63, 3.8) is 0 Å². The summed E-state index contributed by atoms with van der Waals surface area (Å²) in [6, 6.07) is 0. The highest BCUT2D eigenvalue weighted by molar-refractivity contribution is 5.97. The number of esters is 2. The summed E-state index contributed by atoms with van der Waals surface area (Å²) in [6.07, 6.45) is 0.847. The Balaban J connectivity index is 2.11. The topological polar surface area (TPSA) is 89.9 Å². The normalized spacial score (nSPS) is 39.6. The third-order valence-corrected chi connectivity index (χ3v) is 8.30. The van der Waals surface area contributed by atoms with E-state index < -0.39 is 47.0 Å². The van der Waals surface area contributed by atoms with E-state index in [4.69, 9.17) is 9.47 Å². The molecule has 4 aliphatic rings. The number of carbonyl (C=O) groups is 3. The van der Waals surface area contributed by atoms with Gasteiger partial charge in [0, 0.05) is 22.3 Å². The Labute approximate surface area is 185 Å². The Bertz CT molecular complexity index is 852. The van der Waals surface area contributed by atoms with E-state index >= 15 is 0 Å². The number of aliphatic hydroxyl groups is 1. The second-order valence-corrected chi connectivity index (χ2v) is 10.4. The van der Waals surface area contributed by atoms with Gasteiger partial charge in [0.25, 0.3) is 0 Å². The molecule has 0 aliphatic heterocycles. The number of ether oxygens (including phenoxy) is 2. The van der Waals surface area contributed by atoms with Crippen molar-refractivity contribution < 1.29 is 29.0 Å². The van der Waals surface area contributed by atoms with Crippen molar-refractivity contribution >= 4 is 17.7 Å². The highest BCUT2D eigenvalue weighted by atomic mass is 16.6. The molecule has 31 heavy (non-hydrogen) atoms. The summed E-state index contributed by atoms with van der Waals surface area (Å²) in [5, 5.41) is 11.5. The summed E-state index contributed by atoms with van der Waals surface area (Å²) in [7, 11) is 0. The summed E-state index contributed by atoms with van der Waals surface area (Å²) in [4.78, 5) is 38.5. The zero-order valence-corrected chi connectivity index (χ0v) is 19.9. The van der Waals surface area contributed by atoms with E-state index in [1.54, 1.807) is 32.9 Å². The molecule has 0 aromatic heterocycles. The minimum absolute atomic E-state index is 0.00558. The highest BCUT2D eigenvalue weighted by Gasteiger charge is 2.76. The van der Waals surface area contributed by atoms with Crippen molar-refractivity contribution in [1.29, 1.82) is 0 Å². The molecular weight excluding hydrogens is 396 g/mol. The maximum Gasteiger partial charge on any atom is 0.333 e. The fourth-order valence-corrected chi connectivity index (χ4v) is 6.22. The average Bonchev–Trinajstić information content (AvgIpc) is 2.78. The third kappa shape index (κ3) is 3.29. The van der Waals surface area contributed by atoms with Crippen molar-refractivity contribution in [2.45, 2.75) is 80.1 Å². The molecule has 172 valence electrons. The van der Waals surface area contributed by atoms with Gasteiger partial charge < -0.3 is 14.6 Å². The van der Waals surface area contributed by atoms with Crippen LogP contribution in [0.25, 0.3) is 0 Å². The molecule has 0 saturated heterocycles. The first-order valence-electron chi connectivity index (χ1n) is 11.3. The lowest BCUT2D eigenvalue weighted by atomic mass is 9.37. The summed E-state index contributed by atoms with van der Waals surface area (Å²) < 4.78 is 11.8. The quantitative estimate of drug-likeness (QED) is 0.527. The molecule has 0 heterocycles. The standard InChI is InChI=1S/C25H36O6/c1-9-12(3)22(28)30-20-19(27)21(31-23(29)13(4)10-2)25(8)16-14(5)11-15(26)17(25)18(16)24(20,6)7/h9,11,13,16-21,27H,10H2,1-8H3/b12-9-/t13?,16-,17+,18-,19+,20+,21+,25+/m0/s1. The van der Waals surface area contributed by atoms with Gasteiger partial charge in [0.2, 0.25) is 0 Å². The smallest absolute Gasteiger partial charge is 0.333 e. The molecule has 0 spiro atoms. The molecule has 3 saturated carbocycles. The van der Waals surface area contributed by atoms with E-state index in [9.17, 15) is 19.5 Å². The fraction of sp³-hybridized carbons (Fsp3) is 0.720. The van der Waals surface area contributed by atoms with Gasteiger partial charge in [0.05, 0.1) is 5.92 Å². The first-order valence-corrected chi connectivity index (χ1v) is 11.3. The first kappa shape index (κ1) is 23.7. The number of hydrogen-bond donors (Lipinski definition) is 1. The molecule has 6 nitrogen and oxygen atoms in total. The molecular formula is C25H36O6. The molecule has 6 heteroatoms. The molecule has 4 bridgehead atoms. The third-order valence-electron chi connectivity index (χ3n) is 8.30. The summed E-state index contributed by atoms with van der Waals surface area (Å²) in [5.41, 5.74) is -0.0644. The number of fused-ring (bicyclic) bond motifs is 3. The van der Waals surface area contributed by atoms with Crippen molar-refractivity contribution in [1.82, 2.24) is 0 Å². The number of aliphatic hydroxyl groups excluding tert-OH is 1. The van der Waals surface area contributed by atoms with Crippen molar-refractivity contribution in [2.24, 2.45) is 34.5 Å². The molecule has 4 aliphatic carbocycles. The molecule has 1 unspecified atom stereocenters. The van der Waals surface area contributed by atoms with Gasteiger partial charge in [0.15, 0.2) is 5.78 Å². The van der Waals surface area contributed by atoms with Crippen molar-refractivity contribution in [3.05, 3.63) is 23.3 Å². The van der Waals surface area contributed by atoms with Crippen LogP contribution < -0.4 is 0 Å². The molecule has 0 amide bonds. The van der Waals surface area contributed by atoms with Crippen LogP contribution in [0.15, 0.2) is 23.3 Å². The highest BCUT2D eigenvalue weighted by Crippen LogP contribution is 2.72. The molecule has 0 radical (unpaired) electrons. The molecule has 4 rings (SSSR count).